The average molecular weight is 446 g/mol. The van der Waals surface area contributed by atoms with Crippen LogP contribution in [0.15, 0.2) is 84.2 Å². The molecule has 0 saturated carbocycles. The number of aromatic nitrogens is 1. The van der Waals surface area contributed by atoms with Gasteiger partial charge in [-0.3, -0.25) is 4.98 Å². The molecule has 0 aliphatic carbocycles. The van der Waals surface area contributed by atoms with Gasteiger partial charge in [-0.1, -0.05) is 59.6 Å². The minimum Gasteiger partial charge on any atom is -0.463 e. The Morgan fingerprint density at radius 1 is 0.903 bits per heavy atom. The monoisotopic (exact) mass is 445 g/mol. The number of benzene rings is 3. The zero-order chi connectivity index (χ0) is 20.9. The van der Waals surface area contributed by atoms with Gasteiger partial charge in [0, 0.05) is 35.0 Å². The molecule has 0 bridgehead atoms. The van der Waals surface area contributed by atoms with Gasteiger partial charge in [0.2, 0.25) is 6.23 Å². The van der Waals surface area contributed by atoms with Gasteiger partial charge in [-0.05, 0) is 46.7 Å². The van der Waals surface area contributed by atoms with Crippen molar-refractivity contribution < 1.29 is 4.74 Å². The summed E-state index contributed by atoms with van der Waals surface area (Å²) < 4.78 is 6.37. The Morgan fingerprint density at radius 2 is 1.71 bits per heavy atom. The number of nitrogens with zero attached hydrogens (tertiary/aromatic N) is 3. The molecule has 0 unspecified atom stereocenters. The van der Waals surface area contributed by atoms with Crippen LogP contribution in [-0.2, 0) is 0 Å². The van der Waals surface area contributed by atoms with Gasteiger partial charge in [-0.2, -0.15) is 5.10 Å². The van der Waals surface area contributed by atoms with Crippen LogP contribution in [0.2, 0.25) is 10.0 Å². The highest BCUT2D eigenvalue weighted by molar-refractivity contribution is 6.35. The standard InChI is InChI=1S/C25H17Cl2N3O/c26-19-12-20-23-14-22(18-6-5-15-3-1-2-4-17(15)11-18)29-30(23)25(16-7-9-28-10-8-16)31-24(20)21(27)13-19/h1-13,23,25H,14H2/t23-,25-/m0/s1. The normalized spacial score (nSPS) is 19.5. The van der Waals surface area contributed by atoms with Crippen LogP contribution in [0.3, 0.4) is 0 Å². The Kier molecular flexibility index (Phi) is 4.37. The van der Waals surface area contributed by atoms with Crippen molar-refractivity contribution in [3.8, 4) is 5.75 Å². The van der Waals surface area contributed by atoms with E-state index in [1.54, 1.807) is 18.5 Å². The summed E-state index contributed by atoms with van der Waals surface area (Å²) in [5.74, 6) is 0.670. The zero-order valence-electron chi connectivity index (χ0n) is 16.4. The number of pyridine rings is 1. The van der Waals surface area contributed by atoms with E-state index in [-0.39, 0.29) is 6.04 Å². The largest absolute Gasteiger partial charge is 0.463 e. The van der Waals surface area contributed by atoms with Gasteiger partial charge in [0.25, 0.3) is 0 Å². The number of fused-ring (bicyclic) bond motifs is 4. The van der Waals surface area contributed by atoms with Gasteiger partial charge in [0.05, 0.1) is 16.8 Å². The van der Waals surface area contributed by atoms with Crippen molar-refractivity contribution in [2.75, 3.05) is 0 Å². The summed E-state index contributed by atoms with van der Waals surface area (Å²) in [6.07, 6.45) is 3.87. The maximum Gasteiger partial charge on any atom is 0.214 e. The summed E-state index contributed by atoms with van der Waals surface area (Å²) in [4.78, 5) is 4.14. The van der Waals surface area contributed by atoms with E-state index in [4.69, 9.17) is 33.0 Å². The fourth-order valence-corrected chi connectivity index (χ4v) is 4.96. The molecule has 6 rings (SSSR count). The third kappa shape index (κ3) is 3.14. The first kappa shape index (κ1) is 18.7. The highest BCUT2D eigenvalue weighted by atomic mass is 35.5. The van der Waals surface area contributed by atoms with Crippen molar-refractivity contribution in [1.82, 2.24) is 9.99 Å². The molecule has 0 saturated heterocycles. The SMILES string of the molecule is Clc1cc(Cl)c2c(c1)[C@@H]1CC(c3ccc4ccccc4c3)=NN1[C@H](c1ccncc1)O2. The van der Waals surface area contributed by atoms with Crippen LogP contribution in [0, 0.1) is 0 Å². The predicted molar refractivity (Wildman–Crippen MR) is 124 cm³/mol. The number of hydrazone groups is 1. The minimum atomic E-state index is -0.392. The summed E-state index contributed by atoms with van der Waals surface area (Å²) in [6.45, 7) is 0. The summed E-state index contributed by atoms with van der Waals surface area (Å²) in [5.41, 5.74) is 4.06. The lowest BCUT2D eigenvalue weighted by Crippen LogP contribution is -2.33. The topological polar surface area (TPSA) is 37.7 Å². The van der Waals surface area contributed by atoms with Crippen LogP contribution in [0.4, 0.5) is 0 Å². The fourth-order valence-electron chi connectivity index (χ4n) is 4.41. The maximum atomic E-state index is 6.53. The van der Waals surface area contributed by atoms with Crippen molar-refractivity contribution >= 4 is 39.7 Å². The molecule has 3 heterocycles. The smallest absolute Gasteiger partial charge is 0.214 e. The van der Waals surface area contributed by atoms with E-state index >= 15 is 0 Å². The van der Waals surface area contributed by atoms with Crippen LogP contribution in [0.1, 0.15) is 35.4 Å². The maximum absolute atomic E-state index is 6.53. The Hall–Kier alpha value is -3.08. The van der Waals surface area contributed by atoms with Crippen molar-refractivity contribution in [3.05, 3.63) is 106 Å². The second-order valence-corrected chi connectivity index (χ2v) is 8.61. The van der Waals surface area contributed by atoms with Crippen LogP contribution in [0.5, 0.6) is 5.75 Å². The fraction of sp³-hybridized carbons (Fsp3) is 0.120. The van der Waals surface area contributed by atoms with Gasteiger partial charge in [0.15, 0.2) is 0 Å². The Morgan fingerprint density at radius 3 is 2.55 bits per heavy atom. The van der Waals surface area contributed by atoms with Crippen molar-refractivity contribution in [1.29, 1.82) is 0 Å². The summed E-state index contributed by atoms with van der Waals surface area (Å²) in [6, 6.07) is 22.3. The molecule has 0 amide bonds. The lowest BCUT2D eigenvalue weighted by molar-refractivity contribution is -0.0189. The number of ether oxygens (including phenoxy) is 1. The van der Waals surface area contributed by atoms with E-state index < -0.39 is 6.23 Å². The predicted octanol–water partition coefficient (Wildman–Crippen LogP) is 6.78. The highest BCUT2D eigenvalue weighted by Gasteiger charge is 2.42. The van der Waals surface area contributed by atoms with Crippen LogP contribution in [-0.4, -0.2) is 15.7 Å². The first-order valence-corrected chi connectivity index (χ1v) is 10.8. The molecule has 6 heteroatoms. The van der Waals surface area contributed by atoms with E-state index in [1.807, 2.05) is 23.2 Å². The molecule has 3 aromatic carbocycles. The van der Waals surface area contributed by atoms with Crippen molar-refractivity contribution in [2.45, 2.75) is 18.7 Å². The van der Waals surface area contributed by atoms with Gasteiger partial charge in [-0.15, -0.1) is 0 Å². The quantitative estimate of drug-likeness (QED) is 0.341. The molecule has 4 aromatic rings. The summed E-state index contributed by atoms with van der Waals surface area (Å²) in [5, 5.41) is 10.6. The van der Waals surface area contributed by atoms with Gasteiger partial charge < -0.3 is 4.74 Å². The van der Waals surface area contributed by atoms with Gasteiger partial charge >= 0.3 is 0 Å². The van der Waals surface area contributed by atoms with E-state index in [0.717, 1.165) is 28.8 Å². The highest BCUT2D eigenvalue weighted by Crippen LogP contribution is 2.50. The van der Waals surface area contributed by atoms with Gasteiger partial charge in [0.1, 0.15) is 5.75 Å². The van der Waals surface area contributed by atoms with Crippen LogP contribution >= 0.6 is 23.2 Å². The Bertz CT molecular complexity index is 1340. The molecule has 1 aromatic heterocycles. The molecule has 4 nitrogen and oxygen atoms in total. The third-order valence-corrected chi connectivity index (χ3v) is 6.38. The molecule has 0 N–H and O–H groups in total. The van der Waals surface area contributed by atoms with Crippen molar-refractivity contribution in [3.63, 3.8) is 0 Å². The molecular formula is C25H17Cl2N3O. The van der Waals surface area contributed by atoms with Crippen LogP contribution in [0.25, 0.3) is 10.8 Å². The summed E-state index contributed by atoms with van der Waals surface area (Å²) >= 11 is 12.9. The second-order valence-electron chi connectivity index (χ2n) is 7.77. The zero-order valence-corrected chi connectivity index (χ0v) is 17.9. The van der Waals surface area contributed by atoms with Crippen molar-refractivity contribution in [2.24, 2.45) is 5.10 Å². The number of hydrogen-bond donors (Lipinski definition) is 0. The molecule has 0 radical (unpaired) electrons. The number of hydrogen-bond acceptors (Lipinski definition) is 4. The third-order valence-electron chi connectivity index (χ3n) is 5.88. The lowest BCUT2D eigenvalue weighted by Gasteiger charge is -2.38. The molecule has 0 fully saturated rings. The first-order valence-electron chi connectivity index (χ1n) is 10.1. The Labute approximate surface area is 189 Å². The van der Waals surface area contributed by atoms with Gasteiger partial charge in [-0.25, -0.2) is 5.01 Å². The molecule has 152 valence electrons. The molecule has 2 aliphatic heterocycles. The van der Waals surface area contributed by atoms with Crippen LogP contribution < -0.4 is 4.74 Å². The van der Waals surface area contributed by atoms with E-state index in [1.165, 1.54) is 10.8 Å². The summed E-state index contributed by atoms with van der Waals surface area (Å²) in [7, 11) is 0. The Balaban J connectivity index is 1.48. The average Bonchev–Trinajstić information content (AvgIpc) is 3.25. The number of rotatable bonds is 2. The van der Waals surface area contributed by atoms with E-state index in [2.05, 4.69) is 47.4 Å². The molecule has 2 atom stereocenters. The molecule has 31 heavy (non-hydrogen) atoms. The lowest BCUT2D eigenvalue weighted by atomic mass is 9.95. The molecular weight excluding hydrogens is 429 g/mol. The number of halogens is 2. The molecule has 2 aliphatic rings. The van der Waals surface area contributed by atoms with E-state index in [0.29, 0.717) is 15.8 Å². The first-order chi connectivity index (χ1) is 15.2. The minimum absolute atomic E-state index is 0.0143. The van der Waals surface area contributed by atoms with E-state index in [9.17, 15) is 0 Å². The molecule has 0 spiro atoms. The second kappa shape index (κ2) is 7.26.